The summed E-state index contributed by atoms with van der Waals surface area (Å²) in [5, 5.41) is 8.68. The third-order valence-electron chi connectivity index (χ3n) is 3.79. The smallest absolute Gasteiger partial charge is 0.0867 e. The Morgan fingerprint density at radius 1 is 1.08 bits per heavy atom. The molecule has 1 heterocycles. The molecule has 0 spiro atoms. The zero-order valence-corrected chi connectivity index (χ0v) is 7.22. The first-order chi connectivity index (χ1) is 6.45. The zero-order chi connectivity index (χ0) is 8.41. The summed E-state index contributed by atoms with van der Waals surface area (Å²) in [5.74, 6) is 1.34. The summed E-state index contributed by atoms with van der Waals surface area (Å²) in [6.07, 6.45) is 1.25. The highest BCUT2D eigenvalue weighted by Gasteiger charge is 2.55. The van der Waals surface area contributed by atoms with Crippen LogP contribution in [0.4, 0.5) is 0 Å². The van der Waals surface area contributed by atoms with E-state index in [1.54, 1.807) is 5.56 Å². The van der Waals surface area contributed by atoms with Crippen LogP contribution in [0.1, 0.15) is 29.4 Å². The van der Waals surface area contributed by atoms with E-state index in [-0.39, 0.29) is 0 Å². The predicted molar refractivity (Wildman–Crippen MR) is 49.0 cm³/mol. The first-order valence-corrected chi connectivity index (χ1v) is 4.94. The van der Waals surface area contributed by atoms with Crippen LogP contribution in [0.15, 0.2) is 34.5 Å². The van der Waals surface area contributed by atoms with Crippen molar-refractivity contribution in [1.29, 1.82) is 0 Å². The predicted octanol–water partition coefficient (Wildman–Crippen LogP) is 2.47. The maximum absolute atomic E-state index is 4.37. The Labute approximate surface area is 76.7 Å². The number of nitrogens with zero attached hydrogens (tertiary/aromatic N) is 2. The van der Waals surface area contributed by atoms with Gasteiger partial charge in [-0.05, 0) is 17.5 Å². The number of rotatable bonds is 0. The second-order valence-corrected chi connectivity index (χ2v) is 4.29. The van der Waals surface area contributed by atoms with Crippen molar-refractivity contribution in [3.05, 3.63) is 35.4 Å². The topological polar surface area (TPSA) is 24.7 Å². The van der Waals surface area contributed by atoms with E-state index in [4.69, 9.17) is 0 Å². The molecule has 1 aromatic carbocycles. The molecule has 2 aliphatic carbocycles. The van der Waals surface area contributed by atoms with Gasteiger partial charge in [0.25, 0.3) is 0 Å². The van der Waals surface area contributed by atoms with Crippen molar-refractivity contribution in [1.82, 2.24) is 0 Å². The Balaban J connectivity index is 2.01. The van der Waals surface area contributed by atoms with Gasteiger partial charge in [0.1, 0.15) is 0 Å². The second-order valence-electron chi connectivity index (χ2n) is 4.29. The molecule has 0 aromatic heterocycles. The summed E-state index contributed by atoms with van der Waals surface area (Å²) in [4.78, 5) is 0. The van der Waals surface area contributed by atoms with Gasteiger partial charge in [0, 0.05) is 11.8 Å². The monoisotopic (exact) mass is 170 g/mol. The summed E-state index contributed by atoms with van der Waals surface area (Å²) < 4.78 is 0. The van der Waals surface area contributed by atoms with Crippen LogP contribution >= 0.6 is 0 Å². The molecule has 0 N–H and O–H groups in total. The molecule has 1 aliphatic heterocycles. The molecule has 13 heavy (non-hydrogen) atoms. The third-order valence-corrected chi connectivity index (χ3v) is 3.79. The van der Waals surface area contributed by atoms with E-state index in [9.17, 15) is 0 Å². The molecule has 64 valence electrons. The van der Waals surface area contributed by atoms with E-state index >= 15 is 0 Å². The molecule has 2 nitrogen and oxygen atoms in total. The van der Waals surface area contributed by atoms with Gasteiger partial charge in [0.2, 0.25) is 0 Å². The highest BCUT2D eigenvalue weighted by Crippen LogP contribution is 2.58. The molecule has 1 fully saturated rings. The van der Waals surface area contributed by atoms with E-state index in [1.165, 1.54) is 12.0 Å². The first kappa shape index (κ1) is 6.30. The molecule has 4 rings (SSSR count). The molecule has 4 bridgehead atoms. The number of fused-ring (bicyclic) bond motifs is 2. The fraction of sp³-hybridized carbons (Fsp3) is 0.455. The number of azo groups is 1. The number of hydrogen-bond donors (Lipinski definition) is 0. The molecule has 0 amide bonds. The van der Waals surface area contributed by atoms with Crippen LogP contribution in [0.25, 0.3) is 0 Å². The molecular weight excluding hydrogens is 160 g/mol. The lowest BCUT2D eigenvalue weighted by molar-refractivity contribution is 0.559. The van der Waals surface area contributed by atoms with Crippen molar-refractivity contribution in [2.24, 2.45) is 10.2 Å². The van der Waals surface area contributed by atoms with Crippen molar-refractivity contribution in [3.63, 3.8) is 0 Å². The van der Waals surface area contributed by atoms with Gasteiger partial charge in [-0.1, -0.05) is 24.3 Å². The largest absolute Gasteiger partial charge is 0.190 e. The van der Waals surface area contributed by atoms with Gasteiger partial charge in [-0.3, -0.25) is 0 Å². The van der Waals surface area contributed by atoms with Gasteiger partial charge in [-0.2, -0.15) is 10.2 Å². The highest BCUT2D eigenvalue weighted by atomic mass is 15.2. The summed E-state index contributed by atoms with van der Waals surface area (Å²) in [6.45, 7) is 0. The molecule has 4 atom stereocenters. The Morgan fingerprint density at radius 2 is 1.92 bits per heavy atom. The summed E-state index contributed by atoms with van der Waals surface area (Å²) >= 11 is 0. The molecule has 1 saturated carbocycles. The van der Waals surface area contributed by atoms with Gasteiger partial charge in [-0.25, -0.2) is 0 Å². The summed E-state index contributed by atoms with van der Waals surface area (Å²) in [5.41, 5.74) is 3.08. The van der Waals surface area contributed by atoms with Gasteiger partial charge in [0.15, 0.2) is 0 Å². The minimum absolute atomic E-state index is 0.502. The molecule has 1 aromatic rings. The van der Waals surface area contributed by atoms with Crippen LogP contribution in [-0.2, 0) is 0 Å². The third kappa shape index (κ3) is 0.559. The fourth-order valence-corrected chi connectivity index (χ4v) is 3.31. The molecule has 3 aliphatic rings. The van der Waals surface area contributed by atoms with Crippen molar-refractivity contribution in [2.45, 2.75) is 30.3 Å². The minimum Gasteiger partial charge on any atom is -0.190 e. The Morgan fingerprint density at radius 3 is 2.85 bits per heavy atom. The van der Waals surface area contributed by atoms with E-state index in [1.807, 2.05) is 0 Å². The fourth-order valence-electron chi connectivity index (χ4n) is 3.31. The van der Waals surface area contributed by atoms with Crippen molar-refractivity contribution < 1.29 is 0 Å². The zero-order valence-electron chi connectivity index (χ0n) is 7.22. The van der Waals surface area contributed by atoms with Crippen LogP contribution in [-0.4, -0.2) is 12.1 Å². The normalized spacial score (nSPS) is 42.8. The average molecular weight is 170 g/mol. The lowest BCUT2D eigenvalue weighted by Crippen LogP contribution is -2.11. The summed E-state index contributed by atoms with van der Waals surface area (Å²) in [7, 11) is 0. The van der Waals surface area contributed by atoms with Crippen molar-refractivity contribution in [2.75, 3.05) is 0 Å². The molecule has 0 radical (unpaired) electrons. The van der Waals surface area contributed by atoms with E-state index in [0.717, 1.165) is 0 Å². The molecule has 0 saturated heterocycles. The van der Waals surface area contributed by atoms with E-state index < -0.39 is 0 Å². The van der Waals surface area contributed by atoms with Gasteiger partial charge < -0.3 is 0 Å². The SMILES string of the molecule is c1ccc2c(c1)[C@H]1[C@@H]3N=N[C@@H]1C[C@H]23. The molecular formula is C11H10N2. The second kappa shape index (κ2) is 1.84. The standard InChI is InChI=1S/C11H10N2/c1-2-4-7-6(3-1)8-5-9-10(7)11(8)13-12-9/h1-4,8-11H,5H2/t8-,9-,10-,11-/m1/s1. The maximum atomic E-state index is 4.37. The van der Waals surface area contributed by atoms with Crippen LogP contribution in [0.2, 0.25) is 0 Å². The van der Waals surface area contributed by atoms with Crippen LogP contribution in [0, 0.1) is 0 Å². The lowest BCUT2D eigenvalue weighted by atomic mass is 9.89. The average Bonchev–Trinajstić information content (AvgIpc) is 2.82. The Kier molecular flexibility index (Phi) is 0.891. The van der Waals surface area contributed by atoms with E-state index in [2.05, 4.69) is 34.5 Å². The van der Waals surface area contributed by atoms with Crippen LogP contribution in [0.3, 0.4) is 0 Å². The van der Waals surface area contributed by atoms with Crippen molar-refractivity contribution >= 4 is 0 Å². The highest BCUT2D eigenvalue weighted by molar-refractivity contribution is 5.47. The van der Waals surface area contributed by atoms with Crippen LogP contribution in [0.5, 0.6) is 0 Å². The minimum atomic E-state index is 0.502. The Hall–Kier alpha value is -1.18. The van der Waals surface area contributed by atoms with Crippen molar-refractivity contribution in [3.8, 4) is 0 Å². The summed E-state index contributed by atoms with van der Waals surface area (Å²) in [6, 6.07) is 9.83. The lowest BCUT2D eigenvalue weighted by Gasteiger charge is -2.19. The Bertz CT molecular complexity index is 410. The quantitative estimate of drug-likeness (QED) is 0.571. The van der Waals surface area contributed by atoms with Gasteiger partial charge >= 0.3 is 0 Å². The first-order valence-electron chi connectivity index (χ1n) is 4.94. The van der Waals surface area contributed by atoms with E-state index in [0.29, 0.717) is 23.9 Å². The van der Waals surface area contributed by atoms with Crippen LogP contribution < -0.4 is 0 Å². The number of hydrogen-bond acceptors (Lipinski definition) is 2. The number of benzene rings is 1. The van der Waals surface area contributed by atoms with Gasteiger partial charge in [-0.15, -0.1) is 0 Å². The van der Waals surface area contributed by atoms with Gasteiger partial charge in [0.05, 0.1) is 12.1 Å². The maximum Gasteiger partial charge on any atom is 0.0867 e. The molecule has 2 heteroatoms. The molecule has 0 unspecified atom stereocenters.